The molecular formula is C23H23F3N6O. The third-order valence-corrected chi connectivity index (χ3v) is 4.79. The monoisotopic (exact) mass is 456 g/mol. The zero-order valence-corrected chi connectivity index (χ0v) is 17.5. The van der Waals surface area contributed by atoms with Gasteiger partial charge in [-0.1, -0.05) is 12.1 Å². The highest BCUT2D eigenvalue weighted by molar-refractivity contribution is 5.80. The molecule has 0 spiro atoms. The first-order chi connectivity index (χ1) is 15.8. The lowest BCUT2D eigenvalue weighted by Crippen LogP contribution is -2.17. The van der Waals surface area contributed by atoms with Crippen LogP contribution in [0.15, 0.2) is 66.7 Å². The number of halogens is 3. The predicted molar refractivity (Wildman–Crippen MR) is 124 cm³/mol. The number of ether oxygens (including phenoxy) is 1. The van der Waals surface area contributed by atoms with Crippen LogP contribution in [0, 0.1) is 0 Å². The van der Waals surface area contributed by atoms with Crippen LogP contribution in [0.25, 0.3) is 11.0 Å². The minimum absolute atomic E-state index is 0.245. The molecule has 0 aliphatic heterocycles. The van der Waals surface area contributed by atoms with Crippen molar-refractivity contribution in [2.24, 2.45) is 0 Å². The van der Waals surface area contributed by atoms with Crippen molar-refractivity contribution in [3.05, 3.63) is 72.3 Å². The fourth-order valence-electron chi connectivity index (χ4n) is 3.23. The Hall–Kier alpha value is -4.08. The van der Waals surface area contributed by atoms with Crippen molar-refractivity contribution in [1.29, 1.82) is 0 Å². The standard InChI is InChI=1S/C23H23F3N6O/c24-23(25,26)33-19-8-6-18(7-9-19)29-12-11-28-17-4-1-15(2-5-17)14-30-22-31-20-10-3-16(27)13-21(20)32-22/h1-10,13,28-29H,11-12,14,27H2,(H2,30,31,32). The van der Waals surface area contributed by atoms with Crippen LogP contribution < -0.4 is 26.4 Å². The molecule has 0 saturated carbocycles. The van der Waals surface area contributed by atoms with Gasteiger partial charge in [-0.15, -0.1) is 13.2 Å². The van der Waals surface area contributed by atoms with Crippen molar-refractivity contribution >= 4 is 34.0 Å². The third kappa shape index (κ3) is 6.45. The number of rotatable bonds is 9. The molecule has 172 valence electrons. The van der Waals surface area contributed by atoms with Crippen LogP contribution in [-0.2, 0) is 6.54 Å². The molecule has 1 aromatic heterocycles. The van der Waals surface area contributed by atoms with Crippen molar-refractivity contribution < 1.29 is 17.9 Å². The largest absolute Gasteiger partial charge is 0.573 e. The topological polar surface area (TPSA) is 100 Å². The molecule has 0 radical (unpaired) electrons. The van der Waals surface area contributed by atoms with E-state index in [1.54, 1.807) is 12.1 Å². The Morgan fingerprint density at radius 3 is 2.12 bits per heavy atom. The molecule has 0 unspecified atom stereocenters. The highest BCUT2D eigenvalue weighted by atomic mass is 19.4. The van der Waals surface area contributed by atoms with Gasteiger partial charge >= 0.3 is 6.36 Å². The molecule has 7 nitrogen and oxygen atoms in total. The van der Waals surface area contributed by atoms with Crippen LogP contribution in [0.2, 0.25) is 0 Å². The molecule has 4 aromatic rings. The molecule has 0 bridgehead atoms. The summed E-state index contributed by atoms with van der Waals surface area (Å²) in [6, 6.07) is 19.2. The second-order valence-corrected chi connectivity index (χ2v) is 7.34. The number of anilines is 4. The van der Waals surface area contributed by atoms with Crippen LogP contribution in [0.3, 0.4) is 0 Å². The molecule has 0 aliphatic carbocycles. The molecule has 0 saturated heterocycles. The minimum atomic E-state index is -4.69. The summed E-state index contributed by atoms with van der Waals surface area (Å²) >= 11 is 0. The van der Waals surface area contributed by atoms with E-state index in [2.05, 4.69) is 30.7 Å². The van der Waals surface area contributed by atoms with Gasteiger partial charge in [-0.2, -0.15) is 0 Å². The molecular weight excluding hydrogens is 433 g/mol. The summed E-state index contributed by atoms with van der Waals surface area (Å²) in [5.74, 6) is 0.438. The summed E-state index contributed by atoms with van der Waals surface area (Å²) in [6.45, 7) is 1.85. The van der Waals surface area contributed by atoms with E-state index in [-0.39, 0.29) is 5.75 Å². The van der Waals surface area contributed by atoms with Gasteiger partial charge in [-0.05, 0) is 60.2 Å². The van der Waals surface area contributed by atoms with Crippen molar-refractivity contribution in [2.75, 3.05) is 34.8 Å². The predicted octanol–water partition coefficient (Wildman–Crippen LogP) is 5.18. The van der Waals surface area contributed by atoms with Crippen molar-refractivity contribution in [3.63, 3.8) is 0 Å². The number of aromatic amines is 1. The number of hydrogen-bond acceptors (Lipinski definition) is 6. The Bertz CT molecular complexity index is 1190. The lowest BCUT2D eigenvalue weighted by atomic mass is 10.2. The van der Waals surface area contributed by atoms with Crippen LogP contribution in [0.1, 0.15) is 5.56 Å². The first-order valence-electron chi connectivity index (χ1n) is 10.3. The summed E-state index contributed by atoms with van der Waals surface area (Å²) in [5.41, 5.74) is 11.0. The number of aromatic nitrogens is 2. The molecule has 0 amide bonds. The van der Waals surface area contributed by atoms with E-state index in [9.17, 15) is 13.2 Å². The van der Waals surface area contributed by atoms with Crippen LogP contribution in [0.5, 0.6) is 5.75 Å². The molecule has 6 N–H and O–H groups in total. The van der Waals surface area contributed by atoms with E-state index in [0.717, 1.165) is 22.3 Å². The van der Waals surface area contributed by atoms with Gasteiger partial charge in [-0.3, -0.25) is 0 Å². The molecule has 0 atom stereocenters. The quantitative estimate of drug-likeness (QED) is 0.176. The average Bonchev–Trinajstić information content (AvgIpc) is 3.18. The molecule has 1 heterocycles. The molecule has 0 fully saturated rings. The average molecular weight is 456 g/mol. The molecule has 3 aromatic carbocycles. The lowest BCUT2D eigenvalue weighted by Gasteiger charge is -2.11. The van der Waals surface area contributed by atoms with Crippen molar-refractivity contribution in [3.8, 4) is 5.75 Å². The van der Waals surface area contributed by atoms with E-state index < -0.39 is 6.36 Å². The summed E-state index contributed by atoms with van der Waals surface area (Å²) in [6.07, 6.45) is -4.69. The molecule has 0 aliphatic rings. The third-order valence-electron chi connectivity index (χ3n) is 4.79. The number of benzene rings is 3. The highest BCUT2D eigenvalue weighted by Gasteiger charge is 2.30. The number of H-pyrrole nitrogens is 1. The van der Waals surface area contributed by atoms with Gasteiger partial charge in [0.1, 0.15) is 5.75 Å². The Labute approximate surface area is 188 Å². The number of hydrogen-bond donors (Lipinski definition) is 5. The Morgan fingerprint density at radius 1 is 0.848 bits per heavy atom. The Kier molecular flexibility index (Phi) is 6.43. The maximum Gasteiger partial charge on any atom is 0.573 e. The molecule has 33 heavy (non-hydrogen) atoms. The number of alkyl halides is 3. The van der Waals surface area contributed by atoms with Gasteiger partial charge in [0.05, 0.1) is 11.0 Å². The lowest BCUT2D eigenvalue weighted by molar-refractivity contribution is -0.274. The van der Waals surface area contributed by atoms with Crippen molar-refractivity contribution in [1.82, 2.24) is 9.97 Å². The molecule has 4 rings (SSSR count). The second kappa shape index (κ2) is 9.60. The van der Waals surface area contributed by atoms with Gasteiger partial charge in [0.25, 0.3) is 0 Å². The first-order valence-corrected chi connectivity index (χ1v) is 10.3. The summed E-state index contributed by atoms with van der Waals surface area (Å²) in [4.78, 5) is 7.68. The number of nitrogen functional groups attached to an aromatic ring is 1. The van der Waals surface area contributed by atoms with Gasteiger partial charge in [-0.25, -0.2) is 4.98 Å². The zero-order valence-electron chi connectivity index (χ0n) is 17.5. The van der Waals surface area contributed by atoms with E-state index in [4.69, 9.17) is 5.73 Å². The summed E-state index contributed by atoms with van der Waals surface area (Å²) in [7, 11) is 0. The normalized spacial score (nSPS) is 11.4. The van der Waals surface area contributed by atoms with Gasteiger partial charge in [0.2, 0.25) is 5.95 Å². The van der Waals surface area contributed by atoms with E-state index in [0.29, 0.717) is 37.0 Å². The maximum absolute atomic E-state index is 12.2. The molecule has 10 heteroatoms. The highest BCUT2D eigenvalue weighted by Crippen LogP contribution is 2.24. The van der Waals surface area contributed by atoms with Crippen LogP contribution in [0.4, 0.5) is 36.2 Å². The number of imidazole rings is 1. The SMILES string of the molecule is Nc1ccc2nc(NCc3ccc(NCCNc4ccc(OC(F)(F)F)cc4)cc3)[nH]c2c1. The fraction of sp³-hybridized carbons (Fsp3) is 0.174. The van der Waals surface area contributed by atoms with E-state index in [1.807, 2.05) is 42.5 Å². The maximum atomic E-state index is 12.2. The van der Waals surface area contributed by atoms with Gasteiger partial charge in [0, 0.05) is 36.7 Å². The minimum Gasteiger partial charge on any atom is -0.406 e. The summed E-state index contributed by atoms with van der Waals surface area (Å²) in [5, 5.41) is 9.70. The summed E-state index contributed by atoms with van der Waals surface area (Å²) < 4.78 is 40.4. The van der Waals surface area contributed by atoms with E-state index >= 15 is 0 Å². The van der Waals surface area contributed by atoms with Crippen LogP contribution >= 0.6 is 0 Å². The Morgan fingerprint density at radius 2 is 1.48 bits per heavy atom. The van der Waals surface area contributed by atoms with E-state index in [1.165, 1.54) is 12.1 Å². The fourth-order valence-corrected chi connectivity index (χ4v) is 3.23. The Balaban J connectivity index is 1.19. The smallest absolute Gasteiger partial charge is 0.406 e. The van der Waals surface area contributed by atoms with Gasteiger partial charge < -0.3 is 31.4 Å². The van der Waals surface area contributed by atoms with Crippen LogP contribution in [-0.4, -0.2) is 29.4 Å². The number of nitrogens with zero attached hydrogens (tertiary/aromatic N) is 1. The first kappa shape index (κ1) is 22.1. The second-order valence-electron chi connectivity index (χ2n) is 7.34. The van der Waals surface area contributed by atoms with Gasteiger partial charge in [0.15, 0.2) is 0 Å². The number of fused-ring (bicyclic) bond motifs is 1. The number of nitrogens with two attached hydrogens (primary N) is 1. The number of nitrogens with one attached hydrogen (secondary N) is 4. The zero-order chi connectivity index (χ0) is 23.3. The van der Waals surface area contributed by atoms with Crippen molar-refractivity contribution in [2.45, 2.75) is 12.9 Å².